The second kappa shape index (κ2) is 25.7. The molecule has 426 valence electrons. The second-order valence-corrected chi connectivity index (χ2v) is 21.5. The van der Waals surface area contributed by atoms with E-state index in [9.17, 15) is 53.9 Å². The standard InChI is InChI=1S/C20H20F3N3OS.C19H18F3N3OS.C18H16F3N3OS/c1-12-11-14(20(21,22)23)15-16(26(2)3)17(28-19(15)25-12)18(27)24-10-9-13-7-5-4-6-8-13;1-11-10-13(19(20,21)22)14-15(23-2)16(27-18(14)25-11)17(26)24-9-8-12-6-4-3-5-7-12;1-10-9-12(18(19,20)21)13-14(22)15(26-17(13)24-10)16(25)23-8-7-11-5-3-2-4-6-11/h4-8,11H,9-10H2,1-3H3,(H,24,27);3-7,10,23H,8-9H2,1-2H3,(H,24,26);2-6,9H,7-8,22H2,1H3,(H,23,25). The minimum atomic E-state index is -4.57. The van der Waals surface area contributed by atoms with Crippen LogP contribution in [0.1, 0.15) is 79.5 Å². The number of halogens is 9. The summed E-state index contributed by atoms with van der Waals surface area (Å²) in [6.45, 7) is 5.64. The molecular weight excluding hydrogens is 1130 g/mol. The van der Waals surface area contributed by atoms with Crippen LogP contribution in [0.15, 0.2) is 109 Å². The van der Waals surface area contributed by atoms with Crippen LogP contribution in [0.2, 0.25) is 0 Å². The number of nitrogens with one attached hydrogen (secondary N) is 4. The van der Waals surface area contributed by atoms with E-state index in [2.05, 4.69) is 36.2 Å². The minimum Gasteiger partial charge on any atom is -0.397 e. The number of aryl methyl sites for hydroxylation is 3. The van der Waals surface area contributed by atoms with Gasteiger partial charge >= 0.3 is 18.5 Å². The summed E-state index contributed by atoms with van der Waals surface area (Å²) >= 11 is 2.82. The number of nitrogen functional groups attached to an aromatic ring is 1. The van der Waals surface area contributed by atoms with E-state index in [0.717, 1.165) is 68.9 Å². The van der Waals surface area contributed by atoms with Crippen molar-refractivity contribution in [3.63, 3.8) is 0 Å². The summed E-state index contributed by atoms with van der Waals surface area (Å²) in [5.74, 6) is -1.30. The smallest absolute Gasteiger partial charge is 0.397 e. The molecule has 81 heavy (non-hydrogen) atoms. The summed E-state index contributed by atoms with van der Waals surface area (Å²) in [5.41, 5.74) is 7.64. The van der Waals surface area contributed by atoms with E-state index in [1.165, 1.54) is 32.7 Å². The first-order valence-electron chi connectivity index (χ1n) is 24.9. The number of hydrogen-bond acceptors (Lipinski definition) is 12. The fourth-order valence-corrected chi connectivity index (χ4v) is 12.1. The van der Waals surface area contributed by atoms with E-state index < -0.39 is 52.9 Å². The first-order chi connectivity index (χ1) is 38.3. The molecule has 0 atom stereocenters. The number of alkyl halides is 9. The first-order valence-corrected chi connectivity index (χ1v) is 27.3. The Kier molecular flexibility index (Phi) is 19.3. The second-order valence-electron chi connectivity index (χ2n) is 18.5. The molecule has 0 radical (unpaired) electrons. The Morgan fingerprint density at radius 1 is 0.494 bits per heavy atom. The van der Waals surface area contributed by atoms with E-state index in [1.807, 2.05) is 91.0 Å². The number of pyridine rings is 3. The van der Waals surface area contributed by atoms with Gasteiger partial charge in [0.15, 0.2) is 0 Å². The van der Waals surface area contributed by atoms with Crippen LogP contribution in [0.5, 0.6) is 0 Å². The first kappa shape index (κ1) is 60.8. The average molecular weight is 1180 g/mol. The van der Waals surface area contributed by atoms with Crippen molar-refractivity contribution in [2.75, 3.05) is 56.7 Å². The van der Waals surface area contributed by atoms with Crippen molar-refractivity contribution < 1.29 is 53.9 Å². The Morgan fingerprint density at radius 2 is 0.815 bits per heavy atom. The van der Waals surface area contributed by atoms with Gasteiger partial charge in [-0.3, -0.25) is 14.4 Å². The molecule has 0 fully saturated rings. The maximum absolute atomic E-state index is 13.6. The average Bonchev–Trinajstić information content (AvgIpc) is 4.33. The summed E-state index contributed by atoms with van der Waals surface area (Å²) in [6.07, 6.45) is -11.7. The highest BCUT2D eigenvalue weighted by Gasteiger charge is 2.39. The van der Waals surface area contributed by atoms with Gasteiger partial charge in [0.25, 0.3) is 17.7 Å². The van der Waals surface area contributed by atoms with Crippen LogP contribution in [0.3, 0.4) is 0 Å². The maximum atomic E-state index is 13.6. The lowest BCUT2D eigenvalue weighted by Crippen LogP contribution is -2.26. The predicted octanol–water partition coefficient (Wildman–Crippen LogP) is 13.5. The molecule has 12 nitrogen and oxygen atoms in total. The van der Waals surface area contributed by atoms with Crippen LogP contribution in [-0.2, 0) is 37.8 Å². The lowest BCUT2D eigenvalue weighted by Gasteiger charge is -2.17. The number of aromatic nitrogens is 3. The van der Waals surface area contributed by atoms with Crippen molar-refractivity contribution in [2.24, 2.45) is 0 Å². The number of rotatable bonds is 14. The van der Waals surface area contributed by atoms with Crippen LogP contribution >= 0.6 is 34.0 Å². The number of thiophene rings is 3. The molecule has 6 heterocycles. The molecular formula is C57H54F9N9O3S3. The minimum absolute atomic E-state index is 0.0266. The van der Waals surface area contributed by atoms with E-state index in [1.54, 1.807) is 14.1 Å². The quantitative estimate of drug-likeness (QED) is 0.0666. The Bertz CT molecular complexity index is 3680. The largest absolute Gasteiger partial charge is 0.417 e. The summed E-state index contributed by atoms with van der Waals surface area (Å²) in [7, 11) is 4.76. The molecule has 0 aliphatic carbocycles. The maximum Gasteiger partial charge on any atom is 0.417 e. The van der Waals surface area contributed by atoms with E-state index in [-0.39, 0.29) is 79.4 Å². The van der Waals surface area contributed by atoms with Crippen molar-refractivity contribution in [1.82, 2.24) is 30.9 Å². The van der Waals surface area contributed by atoms with Crippen LogP contribution in [-0.4, -0.2) is 73.5 Å². The van der Waals surface area contributed by atoms with Crippen molar-refractivity contribution in [2.45, 2.75) is 58.6 Å². The molecule has 0 saturated carbocycles. The van der Waals surface area contributed by atoms with Gasteiger partial charge in [-0.15, -0.1) is 34.0 Å². The molecule has 0 aliphatic rings. The van der Waals surface area contributed by atoms with Crippen molar-refractivity contribution >= 4 is 99.4 Å². The molecule has 9 aromatic rings. The number of amides is 3. The Hall–Kier alpha value is -7.83. The van der Waals surface area contributed by atoms with Gasteiger partial charge < -0.3 is 31.9 Å². The van der Waals surface area contributed by atoms with Crippen molar-refractivity contribution in [3.05, 3.63) is 174 Å². The SMILES string of the molecule is CNc1c(C(=O)NCCc2ccccc2)sc2nc(C)cc(C(F)(F)F)c12.Cc1cc(C(F)(F)F)c2c(N(C)C)c(C(=O)NCCc3ccccc3)sc2n1.Cc1cc(C(F)(F)F)c2c(N)c(C(=O)NCCc3ccccc3)sc2n1. The topological polar surface area (TPSA) is 167 Å². The number of carbonyl (C=O) groups excluding carboxylic acids is 3. The van der Waals surface area contributed by atoms with Crippen LogP contribution in [0.4, 0.5) is 56.6 Å². The summed E-state index contributed by atoms with van der Waals surface area (Å²) < 4.78 is 121. The molecule has 0 saturated heterocycles. The van der Waals surface area contributed by atoms with Gasteiger partial charge in [0, 0.05) is 74.0 Å². The van der Waals surface area contributed by atoms with Gasteiger partial charge in [0.2, 0.25) is 0 Å². The zero-order valence-corrected chi connectivity index (χ0v) is 46.8. The molecule has 0 aliphatic heterocycles. The fourth-order valence-electron chi connectivity index (χ4n) is 8.63. The summed E-state index contributed by atoms with van der Waals surface area (Å²) in [4.78, 5) is 52.8. The summed E-state index contributed by atoms with van der Waals surface area (Å²) in [6, 6.07) is 31.8. The van der Waals surface area contributed by atoms with Crippen molar-refractivity contribution in [1.29, 1.82) is 0 Å². The number of hydrogen-bond donors (Lipinski definition) is 5. The number of carbonyl (C=O) groups is 3. The molecule has 0 spiro atoms. The number of fused-ring (bicyclic) bond motifs is 3. The number of nitrogens with zero attached hydrogens (tertiary/aromatic N) is 4. The third kappa shape index (κ3) is 15.0. The molecule has 0 bridgehead atoms. The molecule has 0 unspecified atom stereocenters. The van der Waals surface area contributed by atoms with Crippen LogP contribution < -0.4 is 31.9 Å². The normalized spacial score (nSPS) is 11.6. The van der Waals surface area contributed by atoms with Gasteiger partial charge in [-0.25, -0.2) is 15.0 Å². The van der Waals surface area contributed by atoms with Gasteiger partial charge in [-0.1, -0.05) is 91.0 Å². The molecule has 3 amide bonds. The van der Waals surface area contributed by atoms with Crippen molar-refractivity contribution in [3.8, 4) is 0 Å². The zero-order chi connectivity index (χ0) is 59.0. The zero-order valence-electron chi connectivity index (χ0n) is 44.4. The molecule has 6 N–H and O–H groups in total. The Balaban J connectivity index is 0.000000175. The highest BCUT2D eigenvalue weighted by atomic mass is 32.1. The van der Waals surface area contributed by atoms with Crippen LogP contribution in [0, 0.1) is 20.8 Å². The van der Waals surface area contributed by atoms with Crippen LogP contribution in [0.25, 0.3) is 30.6 Å². The lowest BCUT2D eigenvalue weighted by atomic mass is 10.1. The summed E-state index contributed by atoms with van der Waals surface area (Å²) in [5, 5.41) is 10.7. The number of benzene rings is 3. The monoisotopic (exact) mass is 1180 g/mol. The van der Waals surface area contributed by atoms with E-state index in [4.69, 9.17) is 5.73 Å². The van der Waals surface area contributed by atoms with Gasteiger partial charge in [-0.2, -0.15) is 39.5 Å². The third-order valence-electron chi connectivity index (χ3n) is 12.2. The molecule has 24 heteroatoms. The third-order valence-corrected chi connectivity index (χ3v) is 15.5. The Morgan fingerprint density at radius 3 is 1.20 bits per heavy atom. The lowest BCUT2D eigenvalue weighted by molar-refractivity contribution is -0.137. The predicted molar refractivity (Wildman–Crippen MR) is 304 cm³/mol. The van der Waals surface area contributed by atoms with Gasteiger partial charge in [0.1, 0.15) is 29.1 Å². The van der Waals surface area contributed by atoms with Gasteiger partial charge in [-0.05, 0) is 74.9 Å². The van der Waals surface area contributed by atoms with E-state index in [0.29, 0.717) is 38.9 Å². The van der Waals surface area contributed by atoms with Gasteiger partial charge in [0.05, 0.1) is 33.8 Å². The fraction of sp³-hybridized carbons (Fsp3) is 0.263. The molecule has 9 rings (SSSR count). The number of nitrogens with two attached hydrogens (primary N) is 1. The Labute approximate surface area is 471 Å². The molecule has 3 aromatic carbocycles. The number of anilines is 3. The van der Waals surface area contributed by atoms with E-state index >= 15 is 0 Å². The molecule has 6 aromatic heterocycles. The highest BCUT2D eigenvalue weighted by Crippen LogP contribution is 2.46. The highest BCUT2D eigenvalue weighted by molar-refractivity contribution is 7.22.